The van der Waals surface area contributed by atoms with Gasteiger partial charge in [0.25, 0.3) is 0 Å². The predicted octanol–water partition coefficient (Wildman–Crippen LogP) is 3.16. The minimum Gasteiger partial charge on any atom is -0.271 e. The molecule has 0 amide bonds. The second-order valence-corrected chi connectivity index (χ2v) is 6.59. The van der Waals surface area contributed by atoms with Crippen molar-refractivity contribution in [3.05, 3.63) is 29.6 Å². The van der Waals surface area contributed by atoms with Crippen molar-refractivity contribution in [2.75, 3.05) is 0 Å². The first-order valence-corrected chi connectivity index (χ1v) is 8.23. The molecule has 0 aliphatic heterocycles. The van der Waals surface area contributed by atoms with E-state index in [0.29, 0.717) is 12.0 Å². The van der Waals surface area contributed by atoms with Crippen molar-refractivity contribution in [3.63, 3.8) is 0 Å². The molecule has 1 heterocycles. The Kier molecular flexibility index (Phi) is 4.37. The van der Waals surface area contributed by atoms with Crippen LogP contribution in [0.2, 0.25) is 0 Å². The highest BCUT2D eigenvalue weighted by Crippen LogP contribution is 2.41. The zero-order chi connectivity index (χ0) is 13.9. The third-order valence-electron chi connectivity index (χ3n) is 5.54. The van der Waals surface area contributed by atoms with E-state index >= 15 is 0 Å². The molecule has 3 heteroatoms. The van der Waals surface area contributed by atoms with Crippen LogP contribution in [0, 0.1) is 11.8 Å². The molecule has 3 nitrogen and oxygen atoms in total. The lowest BCUT2D eigenvalue weighted by atomic mass is 9.73. The van der Waals surface area contributed by atoms with Crippen LogP contribution in [0.4, 0.5) is 0 Å². The molecule has 1 fully saturated rings. The summed E-state index contributed by atoms with van der Waals surface area (Å²) in [4.78, 5) is 4.65. The first-order valence-electron chi connectivity index (χ1n) is 8.23. The molecule has 4 atom stereocenters. The molecule has 0 spiro atoms. The standard InChI is InChI=1S/C17H27N3/c1-2-12-5-3-6-14(11-12)17(20-18)15-9-8-13-7-4-10-19-16(13)15/h4,7,10,12,14-15,17,20H,2-3,5-6,8-9,11,18H2,1H3. The molecule has 110 valence electrons. The molecule has 1 aromatic heterocycles. The fourth-order valence-electron chi connectivity index (χ4n) is 4.40. The lowest BCUT2D eigenvalue weighted by Crippen LogP contribution is -2.46. The molecular weight excluding hydrogens is 246 g/mol. The quantitative estimate of drug-likeness (QED) is 0.654. The summed E-state index contributed by atoms with van der Waals surface area (Å²) in [7, 11) is 0. The fraction of sp³-hybridized carbons (Fsp3) is 0.706. The van der Waals surface area contributed by atoms with Crippen LogP contribution in [-0.4, -0.2) is 11.0 Å². The van der Waals surface area contributed by atoms with Gasteiger partial charge in [-0.25, -0.2) is 0 Å². The van der Waals surface area contributed by atoms with Gasteiger partial charge in [0.1, 0.15) is 0 Å². The van der Waals surface area contributed by atoms with Gasteiger partial charge in [0.15, 0.2) is 0 Å². The van der Waals surface area contributed by atoms with Crippen LogP contribution >= 0.6 is 0 Å². The summed E-state index contributed by atoms with van der Waals surface area (Å²) in [6.07, 6.45) is 11.0. The molecule has 2 aliphatic rings. The third kappa shape index (κ3) is 2.61. The Balaban J connectivity index is 1.77. The molecule has 1 aromatic rings. The van der Waals surface area contributed by atoms with Gasteiger partial charge in [-0.3, -0.25) is 16.3 Å². The van der Waals surface area contributed by atoms with E-state index in [4.69, 9.17) is 5.84 Å². The van der Waals surface area contributed by atoms with Crippen LogP contribution in [0.5, 0.6) is 0 Å². The van der Waals surface area contributed by atoms with Crippen molar-refractivity contribution in [2.45, 2.75) is 63.8 Å². The Morgan fingerprint density at radius 1 is 1.40 bits per heavy atom. The summed E-state index contributed by atoms with van der Waals surface area (Å²) >= 11 is 0. The van der Waals surface area contributed by atoms with E-state index in [1.807, 2.05) is 6.20 Å². The van der Waals surface area contributed by atoms with Gasteiger partial charge in [0.05, 0.1) is 0 Å². The van der Waals surface area contributed by atoms with Gasteiger partial charge >= 0.3 is 0 Å². The first kappa shape index (κ1) is 14.0. The average molecular weight is 273 g/mol. The smallest absolute Gasteiger partial charge is 0.0482 e. The summed E-state index contributed by atoms with van der Waals surface area (Å²) in [5, 5.41) is 0. The zero-order valence-corrected chi connectivity index (χ0v) is 12.5. The number of nitrogens with two attached hydrogens (primary N) is 1. The number of rotatable bonds is 4. The SMILES string of the molecule is CCC1CCCC(C(NN)C2CCc3cccnc32)C1. The predicted molar refractivity (Wildman–Crippen MR) is 82.1 cm³/mol. The molecule has 3 rings (SSSR count). The Hall–Kier alpha value is -0.930. The molecule has 0 aromatic carbocycles. The number of pyridine rings is 1. The van der Waals surface area contributed by atoms with E-state index < -0.39 is 0 Å². The van der Waals surface area contributed by atoms with Gasteiger partial charge in [-0.1, -0.05) is 32.3 Å². The van der Waals surface area contributed by atoms with Crippen molar-refractivity contribution in [3.8, 4) is 0 Å². The van der Waals surface area contributed by atoms with E-state index in [1.54, 1.807) is 0 Å². The fourth-order valence-corrected chi connectivity index (χ4v) is 4.40. The van der Waals surface area contributed by atoms with E-state index in [-0.39, 0.29) is 0 Å². The second-order valence-electron chi connectivity index (χ2n) is 6.59. The van der Waals surface area contributed by atoms with Crippen LogP contribution in [-0.2, 0) is 6.42 Å². The molecule has 20 heavy (non-hydrogen) atoms. The lowest BCUT2D eigenvalue weighted by molar-refractivity contribution is 0.189. The molecule has 4 unspecified atom stereocenters. The number of hydrogen-bond acceptors (Lipinski definition) is 3. The summed E-state index contributed by atoms with van der Waals surface area (Å²) in [5.74, 6) is 8.08. The summed E-state index contributed by atoms with van der Waals surface area (Å²) in [6, 6.07) is 4.69. The van der Waals surface area contributed by atoms with Crippen LogP contribution in [0.1, 0.15) is 62.6 Å². The van der Waals surface area contributed by atoms with Crippen molar-refractivity contribution in [1.82, 2.24) is 10.4 Å². The van der Waals surface area contributed by atoms with Crippen LogP contribution in [0.15, 0.2) is 18.3 Å². The van der Waals surface area contributed by atoms with Crippen molar-refractivity contribution in [1.29, 1.82) is 0 Å². The molecular formula is C17H27N3. The van der Waals surface area contributed by atoms with Crippen LogP contribution in [0.3, 0.4) is 0 Å². The van der Waals surface area contributed by atoms with Crippen molar-refractivity contribution >= 4 is 0 Å². The minimum absolute atomic E-state index is 0.403. The normalized spacial score (nSPS) is 31.0. The molecule has 0 saturated heterocycles. The van der Waals surface area contributed by atoms with Crippen LogP contribution in [0.25, 0.3) is 0 Å². The lowest BCUT2D eigenvalue weighted by Gasteiger charge is -2.37. The molecule has 0 radical (unpaired) electrons. The summed E-state index contributed by atoms with van der Waals surface area (Å²) in [6.45, 7) is 2.32. The number of hydrogen-bond donors (Lipinski definition) is 2. The number of hydrazine groups is 1. The van der Waals surface area contributed by atoms with Gasteiger partial charge in [-0.2, -0.15) is 0 Å². The first-order chi connectivity index (χ1) is 9.83. The maximum Gasteiger partial charge on any atom is 0.0482 e. The van der Waals surface area contributed by atoms with Gasteiger partial charge < -0.3 is 0 Å². The maximum absolute atomic E-state index is 5.95. The monoisotopic (exact) mass is 273 g/mol. The number of nitrogens with zero attached hydrogens (tertiary/aromatic N) is 1. The van der Waals surface area contributed by atoms with Crippen LogP contribution < -0.4 is 11.3 Å². The van der Waals surface area contributed by atoms with E-state index in [0.717, 1.165) is 18.3 Å². The maximum atomic E-state index is 5.95. The van der Waals surface area contributed by atoms with Gasteiger partial charge in [0, 0.05) is 23.9 Å². The Morgan fingerprint density at radius 3 is 3.10 bits per heavy atom. The molecule has 0 bridgehead atoms. The Bertz CT molecular complexity index is 446. The van der Waals surface area contributed by atoms with E-state index in [2.05, 4.69) is 29.5 Å². The number of aryl methyl sites for hydroxylation is 1. The highest BCUT2D eigenvalue weighted by molar-refractivity contribution is 5.30. The Morgan fingerprint density at radius 2 is 2.30 bits per heavy atom. The summed E-state index contributed by atoms with van der Waals surface area (Å²) in [5.41, 5.74) is 5.89. The van der Waals surface area contributed by atoms with Crippen molar-refractivity contribution in [2.24, 2.45) is 17.7 Å². The summed E-state index contributed by atoms with van der Waals surface area (Å²) < 4.78 is 0. The number of fused-ring (bicyclic) bond motifs is 1. The zero-order valence-electron chi connectivity index (χ0n) is 12.5. The van der Waals surface area contributed by atoms with E-state index in [9.17, 15) is 0 Å². The minimum atomic E-state index is 0.403. The van der Waals surface area contributed by atoms with Gasteiger partial charge in [0.2, 0.25) is 0 Å². The Labute approximate surface area is 122 Å². The molecule has 3 N–H and O–H groups in total. The average Bonchev–Trinajstić information content (AvgIpc) is 2.93. The van der Waals surface area contributed by atoms with Gasteiger partial charge in [-0.05, 0) is 49.1 Å². The van der Waals surface area contributed by atoms with Gasteiger partial charge in [-0.15, -0.1) is 0 Å². The van der Waals surface area contributed by atoms with Crippen molar-refractivity contribution < 1.29 is 0 Å². The largest absolute Gasteiger partial charge is 0.271 e. The topological polar surface area (TPSA) is 50.9 Å². The number of nitrogens with one attached hydrogen (secondary N) is 1. The molecule has 2 aliphatic carbocycles. The van der Waals surface area contributed by atoms with E-state index in [1.165, 1.54) is 49.8 Å². The highest BCUT2D eigenvalue weighted by atomic mass is 15.2. The molecule has 1 saturated carbocycles. The number of aromatic nitrogens is 1. The third-order valence-corrected chi connectivity index (χ3v) is 5.54. The highest BCUT2D eigenvalue weighted by Gasteiger charge is 2.36. The second kappa shape index (κ2) is 6.23.